The number of nitrogens with two attached hydrogens (primary N) is 1. The number of hydrazine groups is 1. The van der Waals surface area contributed by atoms with E-state index >= 15 is 0 Å². The van der Waals surface area contributed by atoms with Crippen molar-refractivity contribution in [3.8, 4) is 0 Å². The third-order valence-electron chi connectivity index (χ3n) is 2.77. The number of unbranched alkanes of at least 4 members (excludes halogenated alkanes) is 1. The highest BCUT2D eigenvalue weighted by molar-refractivity contribution is 7.10. The summed E-state index contributed by atoms with van der Waals surface area (Å²) < 4.78 is 0. The van der Waals surface area contributed by atoms with E-state index in [1.54, 1.807) is 11.3 Å². The van der Waals surface area contributed by atoms with Gasteiger partial charge in [-0.2, -0.15) is 0 Å². The smallest absolute Gasteiger partial charge is 0.208 e. The minimum atomic E-state index is 0.284. The van der Waals surface area contributed by atoms with Crippen molar-refractivity contribution in [3.63, 3.8) is 0 Å². The van der Waals surface area contributed by atoms with E-state index in [9.17, 15) is 0 Å². The summed E-state index contributed by atoms with van der Waals surface area (Å²) in [6.45, 7) is 5.12. The van der Waals surface area contributed by atoms with Gasteiger partial charge < -0.3 is 4.90 Å². The van der Waals surface area contributed by atoms with Gasteiger partial charge in [0.1, 0.15) is 0 Å². The fourth-order valence-electron chi connectivity index (χ4n) is 1.51. The van der Waals surface area contributed by atoms with Crippen LogP contribution < -0.4 is 11.3 Å². The van der Waals surface area contributed by atoms with Gasteiger partial charge >= 0.3 is 0 Å². The highest BCUT2D eigenvalue weighted by Crippen LogP contribution is 2.23. The van der Waals surface area contributed by atoms with E-state index in [1.807, 2.05) is 7.05 Å². The van der Waals surface area contributed by atoms with Crippen LogP contribution in [0.2, 0.25) is 0 Å². The summed E-state index contributed by atoms with van der Waals surface area (Å²) in [4.78, 5) is 7.86. The Hall–Kier alpha value is -1.07. The van der Waals surface area contributed by atoms with Gasteiger partial charge in [-0.05, 0) is 24.8 Å². The molecule has 1 aromatic heterocycles. The number of hydrogen-bond acceptors (Lipinski definition) is 3. The van der Waals surface area contributed by atoms with Gasteiger partial charge in [0.15, 0.2) is 0 Å². The lowest BCUT2D eigenvalue weighted by atomic mass is 10.2. The molecule has 17 heavy (non-hydrogen) atoms. The molecule has 0 radical (unpaired) electrons. The summed E-state index contributed by atoms with van der Waals surface area (Å²) in [6, 6.07) is 4.48. The Morgan fingerprint density at radius 2 is 2.41 bits per heavy atom. The number of hydrogen-bond donors (Lipinski definition) is 2. The Balaban J connectivity index is 2.65. The van der Waals surface area contributed by atoms with Gasteiger partial charge in [-0.3, -0.25) is 10.4 Å². The minimum absolute atomic E-state index is 0.284. The van der Waals surface area contributed by atoms with Crippen molar-refractivity contribution in [2.24, 2.45) is 10.8 Å². The van der Waals surface area contributed by atoms with Crippen LogP contribution in [0.5, 0.6) is 0 Å². The maximum absolute atomic E-state index is 5.53. The first-order valence-corrected chi connectivity index (χ1v) is 6.86. The van der Waals surface area contributed by atoms with Crippen LogP contribution >= 0.6 is 11.3 Å². The second kappa shape index (κ2) is 7.29. The predicted molar refractivity (Wildman–Crippen MR) is 75.0 cm³/mol. The average molecular weight is 254 g/mol. The molecular weight excluding hydrogens is 232 g/mol. The maximum Gasteiger partial charge on any atom is 0.208 e. The van der Waals surface area contributed by atoms with E-state index in [0.717, 1.165) is 25.3 Å². The molecule has 5 heteroatoms. The molecule has 0 aliphatic rings. The molecule has 0 aliphatic heterocycles. The minimum Gasteiger partial charge on any atom is -0.337 e. The van der Waals surface area contributed by atoms with Gasteiger partial charge in [-0.1, -0.05) is 19.4 Å². The molecule has 0 aromatic carbocycles. The van der Waals surface area contributed by atoms with Crippen molar-refractivity contribution < 1.29 is 0 Å². The SMILES string of the molecule is CCCCN=C(NN)N(C)C(C)c1cccs1. The lowest BCUT2D eigenvalue weighted by molar-refractivity contribution is 0.392. The van der Waals surface area contributed by atoms with Crippen LogP contribution in [0.15, 0.2) is 22.5 Å². The monoisotopic (exact) mass is 254 g/mol. The summed E-state index contributed by atoms with van der Waals surface area (Å²) in [5.74, 6) is 6.28. The second-order valence-electron chi connectivity index (χ2n) is 4.01. The average Bonchev–Trinajstić information content (AvgIpc) is 2.87. The Kier molecular flexibility index (Phi) is 6.00. The van der Waals surface area contributed by atoms with E-state index in [0.29, 0.717) is 0 Å². The number of aliphatic imine (C=N–C) groups is 1. The quantitative estimate of drug-likeness (QED) is 0.279. The number of rotatable bonds is 5. The molecule has 96 valence electrons. The zero-order valence-electron chi connectivity index (χ0n) is 10.8. The summed E-state index contributed by atoms with van der Waals surface area (Å²) in [5, 5.41) is 2.09. The van der Waals surface area contributed by atoms with Crippen molar-refractivity contribution in [2.75, 3.05) is 13.6 Å². The molecule has 1 unspecified atom stereocenters. The molecule has 0 bridgehead atoms. The van der Waals surface area contributed by atoms with Crippen molar-refractivity contribution in [1.82, 2.24) is 10.3 Å². The van der Waals surface area contributed by atoms with Crippen molar-refractivity contribution in [2.45, 2.75) is 32.7 Å². The number of guanidine groups is 1. The zero-order valence-corrected chi connectivity index (χ0v) is 11.6. The molecule has 1 atom stereocenters. The van der Waals surface area contributed by atoms with Crippen LogP contribution in [0.4, 0.5) is 0 Å². The fraction of sp³-hybridized carbons (Fsp3) is 0.583. The summed E-state index contributed by atoms with van der Waals surface area (Å²) >= 11 is 1.75. The number of thiophene rings is 1. The van der Waals surface area contributed by atoms with Gasteiger partial charge in [0.25, 0.3) is 0 Å². The first-order chi connectivity index (χ1) is 8.20. The van der Waals surface area contributed by atoms with E-state index in [4.69, 9.17) is 5.84 Å². The first-order valence-electron chi connectivity index (χ1n) is 5.98. The third-order valence-corrected chi connectivity index (χ3v) is 3.81. The molecule has 1 aromatic rings. The Labute approximate surface area is 108 Å². The van der Waals surface area contributed by atoms with Crippen molar-refractivity contribution in [3.05, 3.63) is 22.4 Å². The molecule has 0 aliphatic carbocycles. The van der Waals surface area contributed by atoms with E-state index in [-0.39, 0.29) is 6.04 Å². The predicted octanol–water partition coefficient (Wildman–Crippen LogP) is 2.36. The topological polar surface area (TPSA) is 53.6 Å². The molecule has 3 N–H and O–H groups in total. The highest BCUT2D eigenvalue weighted by Gasteiger charge is 2.15. The van der Waals surface area contributed by atoms with Gasteiger partial charge in [0, 0.05) is 18.5 Å². The molecule has 0 saturated carbocycles. The molecular formula is C12H22N4S. The summed E-state index contributed by atoms with van der Waals surface area (Å²) in [7, 11) is 2.01. The van der Waals surface area contributed by atoms with Crippen molar-refractivity contribution >= 4 is 17.3 Å². The van der Waals surface area contributed by atoms with Crippen LogP contribution in [-0.2, 0) is 0 Å². The van der Waals surface area contributed by atoms with Crippen molar-refractivity contribution in [1.29, 1.82) is 0 Å². The fourth-order valence-corrected chi connectivity index (χ4v) is 2.33. The molecule has 4 nitrogen and oxygen atoms in total. The zero-order chi connectivity index (χ0) is 12.7. The Bertz CT molecular complexity index is 334. The third kappa shape index (κ3) is 4.02. The maximum atomic E-state index is 5.53. The lowest BCUT2D eigenvalue weighted by Gasteiger charge is -2.26. The van der Waals surface area contributed by atoms with E-state index in [2.05, 4.69) is 46.7 Å². The molecule has 0 saturated heterocycles. The standard InChI is InChI=1S/C12H22N4S/c1-4-5-8-14-12(15-13)16(3)10(2)11-7-6-9-17-11/h6-7,9-10H,4-5,8,13H2,1-3H3,(H,14,15). The van der Waals surface area contributed by atoms with Crippen LogP contribution in [0.3, 0.4) is 0 Å². The summed E-state index contributed by atoms with van der Waals surface area (Å²) in [5.41, 5.74) is 2.68. The number of nitrogens with one attached hydrogen (secondary N) is 1. The highest BCUT2D eigenvalue weighted by atomic mass is 32.1. The second-order valence-corrected chi connectivity index (χ2v) is 4.98. The lowest BCUT2D eigenvalue weighted by Crippen LogP contribution is -2.43. The van der Waals surface area contributed by atoms with Gasteiger partial charge in [-0.15, -0.1) is 11.3 Å². The molecule has 1 heterocycles. The molecule has 0 spiro atoms. The molecule has 0 amide bonds. The van der Waals surface area contributed by atoms with Crippen LogP contribution in [-0.4, -0.2) is 24.5 Å². The Morgan fingerprint density at radius 3 is 2.94 bits per heavy atom. The molecule has 0 fully saturated rings. The number of nitrogens with zero attached hydrogens (tertiary/aromatic N) is 2. The van der Waals surface area contributed by atoms with Crippen LogP contribution in [0.1, 0.15) is 37.6 Å². The van der Waals surface area contributed by atoms with Gasteiger partial charge in [0.2, 0.25) is 5.96 Å². The Morgan fingerprint density at radius 1 is 1.65 bits per heavy atom. The van der Waals surface area contributed by atoms with Crippen LogP contribution in [0, 0.1) is 0 Å². The van der Waals surface area contributed by atoms with Gasteiger partial charge in [0.05, 0.1) is 6.04 Å². The van der Waals surface area contributed by atoms with Gasteiger partial charge in [-0.25, -0.2) is 5.84 Å². The van der Waals surface area contributed by atoms with E-state index < -0.39 is 0 Å². The normalized spacial score (nSPS) is 13.5. The molecule has 1 rings (SSSR count). The first kappa shape index (κ1) is 14.0. The summed E-state index contributed by atoms with van der Waals surface area (Å²) in [6.07, 6.45) is 2.23. The van der Waals surface area contributed by atoms with E-state index in [1.165, 1.54) is 4.88 Å². The van der Waals surface area contributed by atoms with Crippen LogP contribution in [0.25, 0.3) is 0 Å². The largest absolute Gasteiger partial charge is 0.337 e.